The molecule has 0 fully saturated rings. The van der Waals surface area contributed by atoms with Crippen LogP contribution in [0.3, 0.4) is 0 Å². The minimum atomic E-state index is -0.000242. The summed E-state index contributed by atoms with van der Waals surface area (Å²) in [4.78, 5) is 12.0. The second kappa shape index (κ2) is 6.93. The summed E-state index contributed by atoms with van der Waals surface area (Å²) in [6.45, 7) is 3.44. The molecule has 0 amide bonds. The number of fused-ring (bicyclic) bond motifs is 1. The zero-order valence-electron chi connectivity index (χ0n) is 14.3. The topological polar surface area (TPSA) is 48.2 Å². The highest BCUT2D eigenvalue weighted by molar-refractivity contribution is 5.76. The second-order valence-electron chi connectivity index (χ2n) is 6.13. The molecule has 0 saturated heterocycles. The maximum Gasteiger partial charge on any atom is 0.328 e. The average molecular weight is 325 g/mol. The summed E-state index contributed by atoms with van der Waals surface area (Å²) in [7, 11) is 3.60. The Morgan fingerprint density at radius 3 is 2.50 bits per heavy atom. The van der Waals surface area contributed by atoms with Crippen molar-refractivity contribution in [2.75, 3.05) is 6.61 Å². The fourth-order valence-electron chi connectivity index (χ4n) is 2.75. The van der Waals surface area contributed by atoms with Gasteiger partial charge in [-0.3, -0.25) is 9.13 Å². The number of hydrogen-bond donors (Lipinski definition) is 1. The van der Waals surface area contributed by atoms with E-state index in [4.69, 9.17) is 4.74 Å². The molecule has 1 atom stereocenters. The maximum absolute atomic E-state index is 12.0. The van der Waals surface area contributed by atoms with Gasteiger partial charge in [-0.2, -0.15) is 0 Å². The standard InChI is InChI=1S/C19H23N3O2/c1-14(13-24-16-7-5-4-6-8-16)20-12-15-9-10-17-18(11-15)22(3)19(23)21(17)2/h4-11,14,20H,12-13H2,1-3H3/t14-/m1/s1. The number of aromatic nitrogens is 2. The first-order chi connectivity index (χ1) is 11.6. The van der Waals surface area contributed by atoms with E-state index in [1.165, 1.54) is 0 Å². The lowest BCUT2D eigenvalue weighted by molar-refractivity contribution is 0.272. The number of nitrogens with zero attached hydrogens (tertiary/aromatic N) is 2. The van der Waals surface area contributed by atoms with Gasteiger partial charge in [0.25, 0.3) is 0 Å². The first kappa shape index (κ1) is 16.3. The van der Waals surface area contributed by atoms with Crippen LogP contribution >= 0.6 is 0 Å². The Hall–Kier alpha value is -2.53. The average Bonchev–Trinajstić information content (AvgIpc) is 2.83. The van der Waals surface area contributed by atoms with Crippen LogP contribution in [0.1, 0.15) is 12.5 Å². The first-order valence-electron chi connectivity index (χ1n) is 8.12. The third-order valence-corrected chi connectivity index (χ3v) is 4.23. The van der Waals surface area contributed by atoms with Crippen molar-refractivity contribution in [3.8, 4) is 5.75 Å². The van der Waals surface area contributed by atoms with E-state index < -0.39 is 0 Å². The van der Waals surface area contributed by atoms with Gasteiger partial charge in [-0.15, -0.1) is 0 Å². The van der Waals surface area contributed by atoms with Crippen LogP contribution < -0.4 is 15.7 Å². The van der Waals surface area contributed by atoms with Crippen LogP contribution in [-0.2, 0) is 20.6 Å². The van der Waals surface area contributed by atoms with Crippen molar-refractivity contribution < 1.29 is 4.74 Å². The minimum absolute atomic E-state index is 0.000242. The van der Waals surface area contributed by atoms with Gasteiger partial charge in [0.15, 0.2) is 0 Å². The van der Waals surface area contributed by atoms with Crippen LogP contribution in [0.15, 0.2) is 53.3 Å². The van der Waals surface area contributed by atoms with Crippen molar-refractivity contribution in [1.29, 1.82) is 0 Å². The lowest BCUT2D eigenvalue weighted by atomic mass is 10.2. The Labute approximate surface area is 141 Å². The highest BCUT2D eigenvalue weighted by atomic mass is 16.5. The first-order valence-corrected chi connectivity index (χ1v) is 8.12. The fourth-order valence-corrected chi connectivity index (χ4v) is 2.75. The van der Waals surface area contributed by atoms with Gasteiger partial charge in [-0.25, -0.2) is 4.79 Å². The monoisotopic (exact) mass is 325 g/mol. The van der Waals surface area contributed by atoms with Crippen molar-refractivity contribution in [2.24, 2.45) is 14.1 Å². The van der Waals surface area contributed by atoms with Crippen molar-refractivity contribution in [2.45, 2.75) is 19.5 Å². The molecular weight excluding hydrogens is 302 g/mol. The van der Waals surface area contributed by atoms with Crippen LogP contribution in [0.4, 0.5) is 0 Å². The minimum Gasteiger partial charge on any atom is -0.492 e. The molecule has 0 spiro atoms. The van der Waals surface area contributed by atoms with Gasteiger partial charge >= 0.3 is 5.69 Å². The molecule has 0 saturated carbocycles. The third-order valence-electron chi connectivity index (χ3n) is 4.23. The Morgan fingerprint density at radius 2 is 1.75 bits per heavy atom. The van der Waals surface area contributed by atoms with Crippen molar-refractivity contribution >= 4 is 11.0 Å². The van der Waals surface area contributed by atoms with Crippen LogP contribution in [-0.4, -0.2) is 21.8 Å². The third kappa shape index (κ3) is 3.36. The van der Waals surface area contributed by atoms with E-state index in [2.05, 4.69) is 24.4 Å². The number of para-hydroxylation sites is 1. The summed E-state index contributed by atoms with van der Waals surface area (Å²) in [6.07, 6.45) is 0. The van der Waals surface area contributed by atoms with E-state index in [0.717, 1.165) is 28.9 Å². The van der Waals surface area contributed by atoms with Crippen LogP contribution in [0.5, 0.6) is 5.75 Å². The van der Waals surface area contributed by atoms with Gasteiger partial charge in [0.1, 0.15) is 12.4 Å². The zero-order chi connectivity index (χ0) is 17.1. The van der Waals surface area contributed by atoms with Gasteiger partial charge in [0.2, 0.25) is 0 Å². The molecule has 126 valence electrons. The Morgan fingerprint density at radius 1 is 1.04 bits per heavy atom. The summed E-state index contributed by atoms with van der Waals surface area (Å²) in [5.41, 5.74) is 3.05. The van der Waals surface area contributed by atoms with Gasteiger partial charge in [0.05, 0.1) is 11.0 Å². The molecule has 5 heteroatoms. The van der Waals surface area contributed by atoms with Gasteiger partial charge in [-0.05, 0) is 36.8 Å². The van der Waals surface area contributed by atoms with E-state index in [1.54, 1.807) is 23.2 Å². The Balaban J connectivity index is 1.61. The number of benzene rings is 2. The highest BCUT2D eigenvalue weighted by Gasteiger charge is 2.09. The number of aryl methyl sites for hydroxylation is 2. The number of rotatable bonds is 6. The Kier molecular flexibility index (Phi) is 4.71. The van der Waals surface area contributed by atoms with Gasteiger partial charge in [-0.1, -0.05) is 24.3 Å². The highest BCUT2D eigenvalue weighted by Crippen LogP contribution is 2.14. The van der Waals surface area contributed by atoms with Crippen molar-refractivity contribution in [1.82, 2.24) is 14.5 Å². The Bertz CT molecular complexity index is 881. The largest absolute Gasteiger partial charge is 0.492 e. The lowest BCUT2D eigenvalue weighted by Gasteiger charge is -2.15. The number of ether oxygens (including phenoxy) is 1. The van der Waals surface area contributed by atoms with Crippen LogP contribution in [0.2, 0.25) is 0 Å². The number of hydrogen-bond acceptors (Lipinski definition) is 3. The molecule has 0 unspecified atom stereocenters. The smallest absolute Gasteiger partial charge is 0.328 e. The number of imidazole rings is 1. The molecule has 0 aliphatic carbocycles. The van der Waals surface area contributed by atoms with E-state index >= 15 is 0 Å². The van der Waals surface area contributed by atoms with Crippen LogP contribution in [0, 0.1) is 0 Å². The van der Waals surface area contributed by atoms with E-state index in [1.807, 2.05) is 36.4 Å². The lowest BCUT2D eigenvalue weighted by Crippen LogP contribution is -2.31. The molecule has 3 rings (SSSR count). The maximum atomic E-state index is 12.0. The fraction of sp³-hybridized carbons (Fsp3) is 0.316. The molecular formula is C19H23N3O2. The number of nitrogens with one attached hydrogen (secondary N) is 1. The molecule has 5 nitrogen and oxygen atoms in total. The summed E-state index contributed by atoms with van der Waals surface area (Å²) >= 11 is 0. The molecule has 24 heavy (non-hydrogen) atoms. The van der Waals surface area contributed by atoms with E-state index in [9.17, 15) is 4.79 Å². The molecule has 0 aliphatic rings. The summed E-state index contributed by atoms with van der Waals surface area (Å²) in [6, 6.07) is 16.2. The van der Waals surface area contributed by atoms with Gasteiger partial charge in [0, 0.05) is 26.7 Å². The molecule has 3 aromatic rings. The summed E-state index contributed by atoms with van der Waals surface area (Å²) in [5.74, 6) is 0.881. The van der Waals surface area contributed by atoms with Crippen molar-refractivity contribution in [3.63, 3.8) is 0 Å². The normalized spacial score (nSPS) is 12.5. The predicted molar refractivity (Wildman–Crippen MR) is 96.4 cm³/mol. The quantitative estimate of drug-likeness (QED) is 0.757. The molecule has 2 aromatic carbocycles. The molecule has 1 N–H and O–H groups in total. The zero-order valence-corrected chi connectivity index (χ0v) is 14.3. The van der Waals surface area contributed by atoms with E-state index in [0.29, 0.717) is 6.61 Å². The molecule has 1 heterocycles. The van der Waals surface area contributed by atoms with Crippen LogP contribution in [0.25, 0.3) is 11.0 Å². The predicted octanol–water partition coefficient (Wildman–Crippen LogP) is 2.43. The van der Waals surface area contributed by atoms with Gasteiger partial charge < -0.3 is 10.1 Å². The summed E-state index contributed by atoms with van der Waals surface area (Å²) < 4.78 is 9.10. The summed E-state index contributed by atoms with van der Waals surface area (Å²) in [5, 5.41) is 3.46. The van der Waals surface area contributed by atoms with E-state index in [-0.39, 0.29) is 11.7 Å². The van der Waals surface area contributed by atoms with Crippen molar-refractivity contribution in [3.05, 3.63) is 64.6 Å². The molecule has 0 bridgehead atoms. The SMILES string of the molecule is C[C@H](COc1ccccc1)NCc1ccc2c(c1)n(C)c(=O)n2C. The molecule has 0 aliphatic heterocycles. The second-order valence-corrected chi connectivity index (χ2v) is 6.13. The molecule has 1 aromatic heterocycles. The molecule has 0 radical (unpaired) electrons.